The molecule has 3 rings (SSSR count). The number of benzene rings is 1. The summed E-state index contributed by atoms with van der Waals surface area (Å²) in [6, 6.07) is 4.63. The lowest BCUT2D eigenvalue weighted by atomic mass is 9.98. The van der Waals surface area contributed by atoms with Crippen LogP contribution in [-0.4, -0.2) is 60.6 Å². The Bertz CT molecular complexity index is 859. The van der Waals surface area contributed by atoms with Crippen LogP contribution in [0.25, 0.3) is 0 Å². The monoisotopic (exact) mass is 418 g/mol. The second kappa shape index (κ2) is 8.73. The largest absolute Gasteiger partial charge is 0.482 e. The van der Waals surface area contributed by atoms with Gasteiger partial charge >= 0.3 is 12.1 Å². The highest BCUT2D eigenvalue weighted by Crippen LogP contribution is 2.28. The summed E-state index contributed by atoms with van der Waals surface area (Å²) in [4.78, 5) is 50.0. The van der Waals surface area contributed by atoms with Crippen LogP contribution in [0.3, 0.4) is 0 Å². The summed E-state index contributed by atoms with van der Waals surface area (Å²) in [5.74, 6) is -1.25. The van der Waals surface area contributed by atoms with E-state index >= 15 is 0 Å². The standard InChI is InChI=1S/C21H26N2O7/c1-21(2,3)30-20(27)23-8-4-5-14(10-23)19(26)29-11-16(24)13-6-7-17-15(9-13)22-18(25)12-28-17/h6-7,9,14H,4-5,8,10-12H2,1-3H3,(H,22,25)/t14-/m1/s1. The number of Topliss-reactive ketones (excluding diaryl/α,β-unsaturated/α-hetero) is 1. The molecule has 0 unspecified atom stereocenters. The molecule has 1 fully saturated rings. The van der Waals surface area contributed by atoms with Gasteiger partial charge in [-0.2, -0.15) is 0 Å². The Balaban J connectivity index is 1.53. The van der Waals surface area contributed by atoms with Crippen molar-refractivity contribution in [3.05, 3.63) is 23.8 Å². The lowest BCUT2D eigenvalue weighted by Crippen LogP contribution is -2.45. The zero-order valence-corrected chi connectivity index (χ0v) is 17.4. The van der Waals surface area contributed by atoms with Gasteiger partial charge in [-0.25, -0.2) is 4.79 Å². The maximum absolute atomic E-state index is 12.4. The van der Waals surface area contributed by atoms with E-state index in [1.807, 2.05) is 0 Å². The fourth-order valence-corrected chi connectivity index (χ4v) is 3.26. The number of rotatable bonds is 4. The molecule has 1 aromatic carbocycles. The van der Waals surface area contributed by atoms with Gasteiger partial charge in [0.15, 0.2) is 19.0 Å². The van der Waals surface area contributed by atoms with E-state index in [9.17, 15) is 19.2 Å². The van der Waals surface area contributed by atoms with Crippen molar-refractivity contribution in [1.82, 2.24) is 4.90 Å². The third-order valence-electron chi connectivity index (χ3n) is 4.69. The Morgan fingerprint density at radius 2 is 2.03 bits per heavy atom. The first-order valence-corrected chi connectivity index (χ1v) is 9.87. The molecule has 1 atom stereocenters. The summed E-state index contributed by atoms with van der Waals surface area (Å²) < 4.78 is 15.8. The predicted molar refractivity (Wildman–Crippen MR) is 106 cm³/mol. The molecule has 0 spiro atoms. The second-order valence-corrected chi connectivity index (χ2v) is 8.34. The number of amides is 2. The number of piperidine rings is 1. The second-order valence-electron chi connectivity index (χ2n) is 8.34. The van der Waals surface area contributed by atoms with Gasteiger partial charge in [-0.15, -0.1) is 0 Å². The molecule has 2 aliphatic rings. The van der Waals surface area contributed by atoms with E-state index in [1.165, 1.54) is 11.0 Å². The van der Waals surface area contributed by atoms with Gasteiger partial charge in [0.25, 0.3) is 5.91 Å². The maximum atomic E-state index is 12.4. The van der Waals surface area contributed by atoms with E-state index in [4.69, 9.17) is 14.2 Å². The lowest BCUT2D eigenvalue weighted by molar-refractivity contribution is -0.149. The van der Waals surface area contributed by atoms with Gasteiger partial charge < -0.3 is 24.4 Å². The molecule has 1 saturated heterocycles. The Kier molecular flexibility index (Phi) is 6.28. The summed E-state index contributed by atoms with van der Waals surface area (Å²) in [6.45, 7) is 5.57. The van der Waals surface area contributed by atoms with Crippen molar-refractivity contribution in [2.75, 3.05) is 31.6 Å². The number of esters is 1. The molecule has 0 saturated carbocycles. The molecule has 1 N–H and O–H groups in total. The molecule has 30 heavy (non-hydrogen) atoms. The number of carbonyl (C=O) groups excluding carboxylic acids is 4. The summed E-state index contributed by atoms with van der Waals surface area (Å²) in [6.07, 6.45) is 0.765. The number of fused-ring (bicyclic) bond motifs is 1. The first kappa shape index (κ1) is 21.6. The number of nitrogens with one attached hydrogen (secondary N) is 1. The van der Waals surface area contributed by atoms with Crippen LogP contribution in [0.4, 0.5) is 10.5 Å². The van der Waals surface area contributed by atoms with E-state index in [0.717, 1.165) is 0 Å². The molecule has 9 nitrogen and oxygen atoms in total. The van der Waals surface area contributed by atoms with Crippen LogP contribution in [0, 0.1) is 5.92 Å². The number of ketones is 1. The molecule has 2 amide bonds. The summed E-state index contributed by atoms with van der Waals surface area (Å²) >= 11 is 0. The van der Waals surface area contributed by atoms with E-state index < -0.39 is 36.0 Å². The third-order valence-corrected chi connectivity index (χ3v) is 4.69. The Morgan fingerprint density at radius 1 is 1.27 bits per heavy atom. The van der Waals surface area contributed by atoms with Crippen molar-refractivity contribution in [2.45, 2.75) is 39.2 Å². The van der Waals surface area contributed by atoms with Gasteiger partial charge in [0, 0.05) is 18.7 Å². The predicted octanol–water partition coefficient (Wildman–Crippen LogP) is 2.39. The number of ether oxygens (including phenoxy) is 3. The first-order valence-electron chi connectivity index (χ1n) is 9.87. The summed E-state index contributed by atoms with van der Waals surface area (Å²) in [5.41, 5.74) is 0.0890. The smallest absolute Gasteiger partial charge is 0.410 e. The van der Waals surface area contributed by atoms with E-state index in [-0.39, 0.29) is 19.1 Å². The van der Waals surface area contributed by atoms with Gasteiger partial charge in [0.05, 0.1) is 11.6 Å². The molecule has 0 aliphatic carbocycles. The van der Waals surface area contributed by atoms with E-state index in [0.29, 0.717) is 36.4 Å². The Morgan fingerprint density at radius 3 is 2.77 bits per heavy atom. The number of hydrogen-bond donors (Lipinski definition) is 1. The number of nitrogens with zero attached hydrogens (tertiary/aromatic N) is 1. The Hall–Kier alpha value is -3.10. The van der Waals surface area contributed by atoms with Gasteiger partial charge in [-0.05, 0) is 51.8 Å². The van der Waals surface area contributed by atoms with Crippen LogP contribution < -0.4 is 10.1 Å². The lowest BCUT2D eigenvalue weighted by Gasteiger charge is -2.33. The minimum Gasteiger partial charge on any atom is -0.482 e. The normalized spacial score (nSPS) is 18.6. The number of likely N-dealkylation sites (tertiary alicyclic amines) is 1. The fourth-order valence-electron chi connectivity index (χ4n) is 3.26. The van der Waals surface area contributed by atoms with E-state index in [2.05, 4.69) is 5.32 Å². The zero-order valence-electron chi connectivity index (χ0n) is 17.4. The minimum atomic E-state index is -0.615. The Labute approximate surface area is 174 Å². The minimum absolute atomic E-state index is 0.0698. The van der Waals surface area contributed by atoms with Gasteiger partial charge in [-0.1, -0.05) is 0 Å². The highest BCUT2D eigenvalue weighted by atomic mass is 16.6. The molecule has 162 valence electrons. The van der Waals surface area contributed by atoms with Crippen LogP contribution in [0.15, 0.2) is 18.2 Å². The van der Waals surface area contributed by atoms with E-state index in [1.54, 1.807) is 32.9 Å². The van der Waals surface area contributed by atoms with Crippen LogP contribution in [-0.2, 0) is 19.1 Å². The number of hydrogen-bond acceptors (Lipinski definition) is 7. The highest BCUT2D eigenvalue weighted by molar-refractivity contribution is 6.01. The molecule has 2 aliphatic heterocycles. The van der Waals surface area contributed by atoms with Crippen LogP contribution in [0.2, 0.25) is 0 Å². The van der Waals surface area contributed by atoms with Crippen LogP contribution in [0.1, 0.15) is 44.0 Å². The molecule has 0 radical (unpaired) electrons. The molecule has 2 heterocycles. The summed E-state index contributed by atoms with van der Waals surface area (Å²) in [7, 11) is 0. The van der Waals surface area contributed by atoms with Crippen molar-refractivity contribution in [1.29, 1.82) is 0 Å². The van der Waals surface area contributed by atoms with Crippen molar-refractivity contribution in [2.24, 2.45) is 5.92 Å². The molecule has 9 heteroatoms. The van der Waals surface area contributed by atoms with Gasteiger partial charge in [-0.3, -0.25) is 14.4 Å². The topological polar surface area (TPSA) is 111 Å². The quantitative estimate of drug-likeness (QED) is 0.590. The van der Waals surface area contributed by atoms with Crippen molar-refractivity contribution in [3.63, 3.8) is 0 Å². The summed E-state index contributed by atoms with van der Waals surface area (Å²) in [5, 5.41) is 2.63. The molecular formula is C21H26N2O7. The molecule has 0 bridgehead atoms. The average Bonchev–Trinajstić information content (AvgIpc) is 2.70. The maximum Gasteiger partial charge on any atom is 0.410 e. The molecular weight excluding hydrogens is 392 g/mol. The van der Waals surface area contributed by atoms with Crippen LogP contribution >= 0.6 is 0 Å². The molecule has 0 aromatic heterocycles. The van der Waals surface area contributed by atoms with Crippen LogP contribution in [0.5, 0.6) is 5.75 Å². The fraction of sp³-hybridized carbons (Fsp3) is 0.524. The average molecular weight is 418 g/mol. The number of carbonyl (C=O) groups is 4. The first-order chi connectivity index (χ1) is 14.1. The SMILES string of the molecule is CC(C)(C)OC(=O)N1CCC[C@@H](C(=O)OCC(=O)c2ccc3c(c2)NC(=O)CO3)C1. The number of anilines is 1. The van der Waals surface area contributed by atoms with Crippen molar-refractivity contribution < 1.29 is 33.4 Å². The van der Waals surface area contributed by atoms with Gasteiger partial charge in [0.2, 0.25) is 0 Å². The zero-order chi connectivity index (χ0) is 21.9. The van der Waals surface area contributed by atoms with Crippen molar-refractivity contribution in [3.8, 4) is 5.75 Å². The third kappa shape index (κ3) is 5.49. The molecule has 1 aromatic rings. The van der Waals surface area contributed by atoms with Gasteiger partial charge in [0.1, 0.15) is 11.4 Å². The highest BCUT2D eigenvalue weighted by Gasteiger charge is 2.32. The van der Waals surface area contributed by atoms with Crippen molar-refractivity contribution >= 4 is 29.4 Å².